The Bertz CT molecular complexity index is 1100. The molecule has 0 bridgehead atoms. The molecule has 7 heteroatoms. The van der Waals surface area contributed by atoms with Crippen LogP contribution in [0.15, 0.2) is 83.8 Å². The van der Waals surface area contributed by atoms with Crippen LogP contribution in [0.25, 0.3) is 0 Å². The maximum Gasteiger partial charge on any atom is 0.261 e. The molecule has 3 aromatic carbocycles. The second-order valence-electron chi connectivity index (χ2n) is 6.84. The van der Waals surface area contributed by atoms with E-state index in [4.69, 9.17) is 0 Å². The van der Waals surface area contributed by atoms with Crippen molar-refractivity contribution in [3.05, 3.63) is 95.8 Å². The van der Waals surface area contributed by atoms with Crippen LogP contribution in [0, 0.1) is 5.82 Å². The summed E-state index contributed by atoms with van der Waals surface area (Å²) in [6.07, 6.45) is 0.878. The lowest BCUT2D eigenvalue weighted by molar-refractivity contribution is 0.0951. The summed E-state index contributed by atoms with van der Waals surface area (Å²) in [4.78, 5) is 12.4. The summed E-state index contributed by atoms with van der Waals surface area (Å²) in [5.41, 5.74) is 1.37. The third kappa shape index (κ3) is 5.24. The summed E-state index contributed by atoms with van der Waals surface area (Å²) < 4.78 is 40.9. The van der Waals surface area contributed by atoms with E-state index in [1.165, 1.54) is 48.5 Å². The van der Waals surface area contributed by atoms with Gasteiger partial charge in [-0.05, 0) is 48.4 Å². The van der Waals surface area contributed by atoms with Crippen molar-refractivity contribution in [2.45, 2.75) is 24.2 Å². The number of anilines is 1. The van der Waals surface area contributed by atoms with Gasteiger partial charge in [-0.25, -0.2) is 12.8 Å². The number of halogens is 1. The van der Waals surface area contributed by atoms with Gasteiger partial charge in [0.2, 0.25) is 0 Å². The highest BCUT2D eigenvalue weighted by Gasteiger charge is 2.17. The molecule has 30 heavy (non-hydrogen) atoms. The van der Waals surface area contributed by atoms with E-state index in [9.17, 15) is 17.6 Å². The Kier molecular flexibility index (Phi) is 6.84. The van der Waals surface area contributed by atoms with Crippen molar-refractivity contribution >= 4 is 21.6 Å². The summed E-state index contributed by atoms with van der Waals surface area (Å²) in [5.74, 6) is -0.754. The molecule has 0 fully saturated rings. The number of hydrogen-bond donors (Lipinski definition) is 2. The smallest absolute Gasteiger partial charge is 0.261 e. The lowest BCUT2D eigenvalue weighted by Crippen LogP contribution is -2.28. The highest BCUT2D eigenvalue weighted by Crippen LogP contribution is 2.20. The first-order valence-electron chi connectivity index (χ1n) is 9.61. The summed E-state index contributed by atoms with van der Waals surface area (Å²) in [7, 11) is -3.97. The highest BCUT2D eigenvalue weighted by molar-refractivity contribution is 7.92. The molecule has 0 aliphatic carbocycles. The quantitative estimate of drug-likeness (QED) is 0.555. The number of nitrogens with one attached hydrogen (secondary N) is 2. The SMILES string of the molecule is CCC(CNC(=O)c1ccc(S(=O)(=O)Nc2ccccc2F)cc1)c1ccccc1. The van der Waals surface area contributed by atoms with E-state index in [0.717, 1.165) is 12.0 Å². The molecule has 0 spiro atoms. The molecule has 1 atom stereocenters. The predicted molar refractivity (Wildman–Crippen MR) is 115 cm³/mol. The van der Waals surface area contributed by atoms with Crippen LogP contribution in [-0.4, -0.2) is 20.9 Å². The van der Waals surface area contributed by atoms with Crippen molar-refractivity contribution in [2.24, 2.45) is 0 Å². The first-order chi connectivity index (χ1) is 14.4. The van der Waals surface area contributed by atoms with Gasteiger partial charge in [0.25, 0.3) is 15.9 Å². The average molecular weight is 427 g/mol. The van der Waals surface area contributed by atoms with E-state index >= 15 is 0 Å². The number of para-hydroxylation sites is 1. The molecule has 3 rings (SSSR count). The van der Waals surface area contributed by atoms with Crippen molar-refractivity contribution in [2.75, 3.05) is 11.3 Å². The van der Waals surface area contributed by atoms with E-state index in [1.807, 2.05) is 30.3 Å². The van der Waals surface area contributed by atoms with Crippen LogP contribution in [-0.2, 0) is 10.0 Å². The Labute approximate surface area is 176 Å². The lowest BCUT2D eigenvalue weighted by atomic mass is 9.96. The minimum absolute atomic E-state index is 0.0574. The van der Waals surface area contributed by atoms with Gasteiger partial charge in [-0.2, -0.15) is 0 Å². The molecule has 0 aromatic heterocycles. The molecule has 0 saturated carbocycles. The van der Waals surface area contributed by atoms with Crippen molar-refractivity contribution in [3.63, 3.8) is 0 Å². The fraction of sp³-hybridized carbons (Fsp3) is 0.174. The zero-order valence-electron chi connectivity index (χ0n) is 16.5. The molecule has 0 radical (unpaired) electrons. The Morgan fingerprint density at radius 2 is 1.57 bits per heavy atom. The molecule has 1 unspecified atom stereocenters. The van der Waals surface area contributed by atoms with E-state index < -0.39 is 15.8 Å². The maximum atomic E-state index is 13.7. The average Bonchev–Trinajstić information content (AvgIpc) is 2.76. The van der Waals surface area contributed by atoms with E-state index in [1.54, 1.807) is 0 Å². The molecule has 0 heterocycles. The van der Waals surface area contributed by atoms with E-state index in [-0.39, 0.29) is 22.4 Å². The van der Waals surface area contributed by atoms with Crippen LogP contribution in [0.4, 0.5) is 10.1 Å². The number of rotatable bonds is 8. The highest BCUT2D eigenvalue weighted by atomic mass is 32.2. The van der Waals surface area contributed by atoms with Crippen LogP contribution < -0.4 is 10.0 Å². The standard InChI is InChI=1S/C23H23FN2O3S/c1-2-17(18-8-4-3-5-9-18)16-25-23(27)19-12-14-20(15-13-19)30(28,29)26-22-11-7-6-10-21(22)24/h3-15,17,26H,2,16H2,1H3,(H,25,27). The Morgan fingerprint density at radius 1 is 0.933 bits per heavy atom. The van der Waals surface area contributed by atoms with Gasteiger partial charge in [-0.3, -0.25) is 9.52 Å². The van der Waals surface area contributed by atoms with Gasteiger partial charge >= 0.3 is 0 Å². The number of amides is 1. The molecule has 0 aliphatic heterocycles. The molecule has 5 nitrogen and oxygen atoms in total. The summed E-state index contributed by atoms with van der Waals surface area (Å²) >= 11 is 0. The zero-order chi connectivity index (χ0) is 21.6. The van der Waals surface area contributed by atoms with Crippen LogP contribution in [0.3, 0.4) is 0 Å². The summed E-state index contributed by atoms with van der Waals surface area (Å²) in [6, 6.07) is 21.0. The molecule has 0 aliphatic rings. The van der Waals surface area contributed by atoms with Crippen molar-refractivity contribution < 1.29 is 17.6 Å². The number of sulfonamides is 1. The monoisotopic (exact) mass is 426 g/mol. The largest absolute Gasteiger partial charge is 0.351 e. The van der Waals surface area contributed by atoms with E-state index in [2.05, 4.69) is 17.0 Å². The molecular formula is C23H23FN2O3S. The Morgan fingerprint density at radius 3 is 2.20 bits per heavy atom. The third-order valence-electron chi connectivity index (χ3n) is 4.82. The third-order valence-corrected chi connectivity index (χ3v) is 6.20. The van der Waals surface area contributed by atoms with Gasteiger partial charge in [-0.1, -0.05) is 49.4 Å². The van der Waals surface area contributed by atoms with Crippen LogP contribution in [0.5, 0.6) is 0 Å². The maximum absolute atomic E-state index is 13.7. The number of carbonyl (C=O) groups is 1. The van der Waals surface area contributed by atoms with Crippen LogP contribution in [0.2, 0.25) is 0 Å². The second kappa shape index (κ2) is 9.54. The predicted octanol–water partition coefficient (Wildman–Crippen LogP) is 4.55. The van der Waals surface area contributed by atoms with Gasteiger partial charge in [-0.15, -0.1) is 0 Å². The fourth-order valence-electron chi connectivity index (χ4n) is 3.07. The molecule has 0 saturated heterocycles. The van der Waals surface area contributed by atoms with Gasteiger partial charge < -0.3 is 5.32 Å². The minimum atomic E-state index is -3.97. The van der Waals surface area contributed by atoms with Gasteiger partial charge in [0.05, 0.1) is 10.6 Å². The molecule has 2 N–H and O–H groups in total. The topological polar surface area (TPSA) is 75.3 Å². The van der Waals surface area contributed by atoms with Gasteiger partial charge in [0.15, 0.2) is 0 Å². The molecule has 3 aromatic rings. The lowest BCUT2D eigenvalue weighted by Gasteiger charge is -2.16. The fourth-order valence-corrected chi connectivity index (χ4v) is 4.14. The number of hydrogen-bond acceptors (Lipinski definition) is 3. The summed E-state index contributed by atoms with van der Waals surface area (Å²) in [6.45, 7) is 2.54. The Hall–Kier alpha value is -3.19. The zero-order valence-corrected chi connectivity index (χ0v) is 17.3. The first kappa shape index (κ1) is 21.5. The van der Waals surface area contributed by atoms with Crippen LogP contribution >= 0.6 is 0 Å². The van der Waals surface area contributed by atoms with Crippen molar-refractivity contribution in [1.82, 2.24) is 5.32 Å². The summed E-state index contributed by atoms with van der Waals surface area (Å²) in [5, 5.41) is 2.90. The molecule has 1 amide bonds. The van der Waals surface area contributed by atoms with Gasteiger partial charge in [0.1, 0.15) is 5.82 Å². The van der Waals surface area contributed by atoms with Crippen LogP contribution in [0.1, 0.15) is 35.2 Å². The van der Waals surface area contributed by atoms with Crippen molar-refractivity contribution in [1.29, 1.82) is 0 Å². The molecule has 156 valence electrons. The molecular weight excluding hydrogens is 403 g/mol. The number of benzene rings is 3. The minimum Gasteiger partial charge on any atom is -0.351 e. The first-order valence-corrected chi connectivity index (χ1v) is 11.1. The second-order valence-corrected chi connectivity index (χ2v) is 8.52. The van der Waals surface area contributed by atoms with E-state index in [0.29, 0.717) is 12.1 Å². The van der Waals surface area contributed by atoms with Gasteiger partial charge in [0, 0.05) is 18.0 Å². The normalized spacial score (nSPS) is 12.2. The van der Waals surface area contributed by atoms with Crippen molar-refractivity contribution in [3.8, 4) is 0 Å². The number of carbonyl (C=O) groups excluding carboxylic acids is 1. The Balaban J connectivity index is 1.66.